The van der Waals surface area contributed by atoms with Crippen LogP contribution in [-0.2, 0) is 11.9 Å². The van der Waals surface area contributed by atoms with Crippen LogP contribution in [0.1, 0.15) is 0 Å². The van der Waals surface area contributed by atoms with Gasteiger partial charge in [0.1, 0.15) is 0 Å². The second kappa shape index (κ2) is 5.90. The van der Waals surface area contributed by atoms with Crippen LogP contribution in [0.25, 0.3) is 0 Å². The fraction of sp³-hybridized carbons (Fsp3) is 0. The van der Waals surface area contributed by atoms with Crippen LogP contribution in [0.5, 0.6) is 0 Å². The molecule has 0 atom stereocenters. The van der Waals surface area contributed by atoms with Gasteiger partial charge in [0.05, 0.1) is 0 Å². The molecule has 0 unspecified atom stereocenters. The van der Waals surface area contributed by atoms with Crippen molar-refractivity contribution >= 4 is 37.7 Å². The Morgan fingerprint density at radius 3 is 0.714 bits per heavy atom. The van der Waals surface area contributed by atoms with E-state index in [9.17, 15) is 0 Å². The summed E-state index contributed by atoms with van der Waals surface area (Å²) in [5.41, 5.74) is 0. The van der Waals surface area contributed by atoms with Crippen molar-refractivity contribution < 1.29 is 22.8 Å². The van der Waals surface area contributed by atoms with Crippen molar-refractivity contribution in [3.05, 3.63) is 0 Å². The Kier molecular flexibility index (Phi) is 13.4. The van der Waals surface area contributed by atoms with Gasteiger partial charge in [-0.3, -0.25) is 0 Å². The molecule has 7 heavy (non-hydrogen) atoms. The third-order valence-electron chi connectivity index (χ3n) is 0. The van der Waals surface area contributed by atoms with Gasteiger partial charge in [-0.2, -0.15) is 0 Å². The van der Waals surface area contributed by atoms with Crippen LogP contribution in [0.15, 0.2) is 0 Å². The molecule has 50 valence electrons. The minimum atomic E-state index is -3.13. The first-order valence-corrected chi connectivity index (χ1v) is 11.0. The Bertz CT molecular complexity index is 25.2. The van der Waals surface area contributed by atoms with Crippen molar-refractivity contribution in [2.75, 3.05) is 0 Å². The van der Waals surface area contributed by atoms with Crippen LogP contribution in [0.2, 0.25) is 0 Å². The van der Waals surface area contributed by atoms with Gasteiger partial charge < -0.3 is 11.0 Å². The standard InChI is InChI=1S/4ClH.Mo.2H2O/h4*1H;;2*1H2/q;;;;+4;;/p-4. The zero-order chi connectivity index (χ0) is 4.50. The zero-order valence-corrected chi connectivity index (χ0v) is 7.95. The Morgan fingerprint density at radius 2 is 0.714 bits per heavy atom. The summed E-state index contributed by atoms with van der Waals surface area (Å²) in [7, 11) is 20.1. The molecule has 0 saturated heterocycles. The van der Waals surface area contributed by atoms with Crippen molar-refractivity contribution in [3.8, 4) is 0 Å². The molecular weight excluding hydrogens is 270 g/mol. The molecule has 0 bridgehead atoms. The average Bonchev–Trinajstić information content (AvgIpc) is 0.722. The summed E-state index contributed by atoms with van der Waals surface area (Å²) in [6.45, 7) is 0. The molecular formula is H4Cl4MoO2. The summed E-state index contributed by atoms with van der Waals surface area (Å²) < 4.78 is 0. The van der Waals surface area contributed by atoms with E-state index in [0.29, 0.717) is 0 Å². The summed E-state index contributed by atoms with van der Waals surface area (Å²) in [5.74, 6) is 0. The van der Waals surface area contributed by atoms with Crippen molar-refractivity contribution in [3.63, 3.8) is 0 Å². The summed E-state index contributed by atoms with van der Waals surface area (Å²) in [5, 5.41) is 0. The minimum absolute atomic E-state index is 0. The van der Waals surface area contributed by atoms with Crippen molar-refractivity contribution in [2.24, 2.45) is 0 Å². The van der Waals surface area contributed by atoms with Crippen LogP contribution in [-0.4, -0.2) is 11.0 Å². The van der Waals surface area contributed by atoms with Crippen LogP contribution in [0.4, 0.5) is 0 Å². The third-order valence-corrected chi connectivity index (χ3v) is 0. The fourth-order valence-electron chi connectivity index (χ4n) is 0. The predicted molar refractivity (Wildman–Crippen MR) is 30.6 cm³/mol. The third kappa shape index (κ3) is 82.7. The Morgan fingerprint density at radius 1 is 0.714 bits per heavy atom. The molecule has 0 aliphatic carbocycles. The van der Waals surface area contributed by atoms with E-state index < -0.39 is 11.9 Å². The molecule has 0 amide bonds. The molecule has 0 rings (SSSR count). The van der Waals surface area contributed by atoms with Crippen LogP contribution in [0, 0.1) is 0 Å². The quantitative estimate of drug-likeness (QED) is 0.594. The van der Waals surface area contributed by atoms with Gasteiger partial charge in [0, 0.05) is 0 Å². The normalized spacial score (nSPS) is 10.9. The van der Waals surface area contributed by atoms with E-state index in [4.69, 9.17) is 37.7 Å². The van der Waals surface area contributed by atoms with Crippen molar-refractivity contribution in [1.82, 2.24) is 0 Å². The molecule has 0 aliphatic heterocycles. The van der Waals surface area contributed by atoms with E-state index in [1.54, 1.807) is 0 Å². The summed E-state index contributed by atoms with van der Waals surface area (Å²) in [4.78, 5) is 0. The van der Waals surface area contributed by atoms with Crippen molar-refractivity contribution in [2.45, 2.75) is 0 Å². The molecule has 0 aromatic rings. The van der Waals surface area contributed by atoms with E-state index in [-0.39, 0.29) is 11.0 Å². The molecule has 0 aromatic heterocycles. The molecule has 0 heterocycles. The fourth-order valence-corrected chi connectivity index (χ4v) is 0. The van der Waals surface area contributed by atoms with E-state index in [0.717, 1.165) is 0 Å². The first kappa shape index (κ1) is 15.9. The van der Waals surface area contributed by atoms with Crippen LogP contribution >= 0.6 is 37.7 Å². The van der Waals surface area contributed by atoms with Crippen LogP contribution < -0.4 is 0 Å². The van der Waals surface area contributed by atoms with Gasteiger partial charge in [-0.05, 0) is 0 Å². The van der Waals surface area contributed by atoms with Gasteiger partial charge in [-0.25, -0.2) is 0 Å². The maximum absolute atomic E-state index is 5.02. The first-order valence-electron chi connectivity index (χ1n) is 0.617. The molecule has 0 radical (unpaired) electrons. The van der Waals surface area contributed by atoms with Gasteiger partial charge in [-0.15, -0.1) is 0 Å². The van der Waals surface area contributed by atoms with E-state index in [1.165, 1.54) is 0 Å². The molecule has 0 spiro atoms. The average molecular weight is 274 g/mol. The SMILES string of the molecule is O.O.[Cl][Mo]([Cl])([Cl])[Cl]. The molecule has 2 nitrogen and oxygen atoms in total. The molecule has 0 saturated carbocycles. The van der Waals surface area contributed by atoms with Gasteiger partial charge >= 0.3 is 49.6 Å². The summed E-state index contributed by atoms with van der Waals surface area (Å²) >= 11 is -3.13. The number of hydrogen-bond donors (Lipinski definition) is 0. The van der Waals surface area contributed by atoms with Gasteiger partial charge in [-0.1, -0.05) is 0 Å². The van der Waals surface area contributed by atoms with Gasteiger partial charge in [0.15, 0.2) is 0 Å². The number of hydrogen-bond acceptors (Lipinski definition) is 0. The van der Waals surface area contributed by atoms with E-state index in [2.05, 4.69) is 0 Å². The second-order valence-electron chi connectivity index (χ2n) is 0.350. The molecule has 0 aromatic carbocycles. The Hall–Kier alpha value is 1.77. The number of halogens is 4. The van der Waals surface area contributed by atoms with Crippen molar-refractivity contribution in [1.29, 1.82) is 0 Å². The van der Waals surface area contributed by atoms with Gasteiger partial charge in [0.25, 0.3) is 0 Å². The topological polar surface area (TPSA) is 63.0 Å². The number of rotatable bonds is 0. The van der Waals surface area contributed by atoms with Gasteiger partial charge in [0.2, 0.25) is 0 Å². The molecule has 4 N–H and O–H groups in total. The predicted octanol–water partition coefficient (Wildman–Crippen LogP) is 1.11. The zero-order valence-electron chi connectivity index (χ0n) is 2.92. The van der Waals surface area contributed by atoms with E-state index >= 15 is 0 Å². The molecule has 0 aliphatic rings. The Balaban J connectivity index is -0.0000000800. The Labute approximate surface area is 60.2 Å². The van der Waals surface area contributed by atoms with Crippen LogP contribution in [0.3, 0.4) is 0 Å². The van der Waals surface area contributed by atoms with E-state index in [1.807, 2.05) is 0 Å². The summed E-state index contributed by atoms with van der Waals surface area (Å²) in [6.07, 6.45) is 0. The maximum atomic E-state index is 5.02. The second-order valence-corrected chi connectivity index (χ2v) is 18.6. The molecule has 7 heteroatoms. The summed E-state index contributed by atoms with van der Waals surface area (Å²) in [6, 6.07) is 0. The monoisotopic (exact) mass is 274 g/mol. The first-order chi connectivity index (χ1) is 2.00. The molecule has 0 fully saturated rings.